The molecule has 1 N–H and O–H groups in total. The highest BCUT2D eigenvalue weighted by Gasteiger charge is 2.28. The largest absolute Gasteiger partial charge is 0.489 e. The minimum atomic E-state index is -0.199. The van der Waals surface area contributed by atoms with Crippen LogP contribution in [0.1, 0.15) is 31.4 Å². The molecule has 0 aromatic carbocycles. The number of hydrogen-bond acceptors (Lipinski definition) is 4. The van der Waals surface area contributed by atoms with Gasteiger partial charge in [-0.3, -0.25) is 0 Å². The van der Waals surface area contributed by atoms with Crippen molar-refractivity contribution < 1.29 is 12.9 Å². The van der Waals surface area contributed by atoms with Crippen molar-refractivity contribution in [3.8, 4) is 17.6 Å². The average molecular weight is 373 g/mol. The third kappa shape index (κ3) is 4.97. The van der Waals surface area contributed by atoms with Crippen molar-refractivity contribution in [2.45, 2.75) is 37.9 Å². The number of rotatable bonds is 5. The van der Waals surface area contributed by atoms with Gasteiger partial charge in [0, 0.05) is 19.3 Å². The van der Waals surface area contributed by atoms with Crippen LogP contribution in [0.5, 0.6) is 5.75 Å². The highest BCUT2D eigenvalue weighted by molar-refractivity contribution is 14.1. The normalized spacial score (nSPS) is 21.2. The summed E-state index contributed by atoms with van der Waals surface area (Å²) in [4.78, 5) is 4.23. The highest BCUT2D eigenvalue weighted by atomic mass is 127. The Labute approximate surface area is 127 Å². The molecule has 1 saturated carbocycles. The van der Waals surface area contributed by atoms with Crippen molar-refractivity contribution in [3.63, 3.8) is 0 Å². The second-order valence-corrected chi connectivity index (χ2v) is 5.09. The lowest BCUT2D eigenvalue weighted by Crippen LogP contribution is -2.37. The van der Waals surface area contributed by atoms with Crippen LogP contribution >= 0.6 is 23.0 Å². The third-order valence-electron chi connectivity index (χ3n) is 2.85. The van der Waals surface area contributed by atoms with E-state index in [9.17, 15) is 5.11 Å². The van der Waals surface area contributed by atoms with Gasteiger partial charge in [0.1, 0.15) is 40.6 Å². The molecule has 102 valence electrons. The Morgan fingerprint density at radius 2 is 2.26 bits per heavy atom. The predicted molar refractivity (Wildman–Crippen MR) is 80.0 cm³/mol. The van der Waals surface area contributed by atoms with Gasteiger partial charge < -0.3 is 12.9 Å². The zero-order valence-electron chi connectivity index (χ0n) is 10.5. The first-order valence-electron chi connectivity index (χ1n) is 6.31. The molecule has 0 unspecified atom stereocenters. The first-order valence-corrected chi connectivity index (χ1v) is 7.19. The van der Waals surface area contributed by atoms with E-state index in [1.165, 1.54) is 0 Å². The number of aliphatic hydroxyl groups excluding tert-OH is 1. The van der Waals surface area contributed by atoms with Crippen LogP contribution in [0.15, 0.2) is 18.3 Å². The van der Waals surface area contributed by atoms with Gasteiger partial charge in [0.15, 0.2) is 0 Å². The van der Waals surface area contributed by atoms with E-state index in [1.54, 1.807) is 6.20 Å². The van der Waals surface area contributed by atoms with Gasteiger partial charge in [-0.2, -0.15) is 0 Å². The number of hydrogen-bond donors (Lipinski definition) is 1. The molecule has 2 rings (SSSR count). The lowest BCUT2D eigenvalue weighted by atomic mass is 9.92. The summed E-state index contributed by atoms with van der Waals surface area (Å²) in [5.41, 5.74) is 0.747. The molecule has 1 heterocycles. The average Bonchev–Trinajstić information content (AvgIpc) is 2.39. The van der Waals surface area contributed by atoms with Gasteiger partial charge in [0.25, 0.3) is 0 Å². The standard InChI is InChI=1S/C14H16INO3/c15-18-7-3-1-2-4-11-5-6-13(10-16-11)19-14-8-12(17)9-14/h5-6,10,12,14,17H,1,3,7-9H2. The zero-order valence-corrected chi connectivity index (χ0v) is 12.7. The van der Waals surface area contributed by atoms with Crippen molar-refractivity contribution in [1.82, 2.24) is 4.98 Å². The highest BCUT2D eigenvalue weighted by Crippen LogP contribution is 2.25. The van der Waals surface area contributed by atoms with Gasteiger partial charge in [-0.1, -0.05) is 5.92 Å². The van der Waals surface area contributed by atoms with E-state index in [0.717, 1.165) is 30.9 Å². The maximum Gasteiger partial charge on any atom is 0.138 e. The van der Waals surface area contributed by atoms with Crippen LogP contribution in [0.2, 0.25) is 0 Å². The molecule has 1 aromatic heterocycles. The van der Waals surface area contributed by atoms with Crippen LogP contribution in [-0.2, 0) is 3.07 Å². The van der Waals surface area contributed by atoms with Gasteiger partial charge in [0.05, 0.1) is 18.9 Å². The fraction of sp³-hybridized carbons (Fsp3) is 0.500. The Bertz CT molecular complexity index is 446. The van der Waals surface area contributed by atoms with E-state index in [-0.39, 0.29) is 12.2 Å². The molecule has 19 heavy (non-hydrogen) atoms. The quantitative estimate of drug-likeness (QED) is 0.490. The second kappa shape index (κ2) is 7.68. The SMILES string of the molecule is OC1CC(Oc2ccc(C#CCCCOI)nc2)C1. The van der Waals surface area contributed by atoms with Gasteiger partial charge in [-0.25, -0.2) is 4.98 Å². The fourth-order valence-electron chi connectivity index (χ4n) is 1.72. The number of aromatic nitrogens is 1. The molecule has 0 bridgehead atoms. The van der Waals surface area contributed by atoms with E-state index >= 15 is 0 Å². The fourth-order valence-corrected chi connectivity index (χ4v) is 2.03. The smallest absolute Gasteiger partial charge is 0.138 e. The predicted octanol–water partition coefficient (Wildman–Crippen LogP) is 2.48. The molecule has 1 aliphatic carbocycles. The second-order valence-electron chi connectivity index (χ2n) is 4.46. The first kappa shape index (κ1) is 14.6. The summed E-state index contributed by atoms with van der Waals surface area (Å²) in [6.07, 6.45) is 4.77. The number of unbranched alkanes of at least 4 members (excludes halogenated alkanes) is 1. The van der Waals surface area contributed by atoms with Crippen molar-refractivity contribution in [3.05, 3.63) is 24.0 Å². The van der Waals surface area contributed by atoms with Crippen LogP contribution in [0.25, 0.3) is 0 Å². The Kier molecular flexibility index (Phi) is 5.89. The molecule has 0 saturated heterocycles. The zero-order chi connectivity index (χ0) is 13.5. The first-order chi connectivity index (χ1) is 9.28. The number of ether oxygens (including phenoxy) is 1. The van der Waals surface area contributed by atoms with Crippen LogP contribution in [0, 0.1) is 11.8 Å². The maximum absolute atomic E-state index is 9.18. The minimum absolute atomic E-state index is 0.127. The van der Waals surface area contributed by atoms with Crippen molar-refractivity contribution in [2.24, 2.45) is 0 Å². The molecular formula is C14H16INO3. The van der Waals surface area contributed by atoms with E-state index < -0.39 is 0 Å². The van der Waals surface area contributed by atoms with Gasteiger partial charge in [-0.15, -0.1) is 0 Å². The van der Waals surface area contributed by atoms with Gasteiger partial charge >= 0.3 is 0 Å². The Morgan fingerprint density at radius 3 is 2.89 bits per heavy atom. The number of pyridine rings is 1. The lowest BCUT2D eigenvalue weighted by Gasteiger charge is -2.31. The number of aliphatic hydroxyl groups is 1. The van der Waals surface area contributed by atoms with Crippen LogP contribution in [0.4, 0.5) is 0 Å². The number of halogens is 1. The molecule has 0 aliphatic heterocycles. The number of nitrogens with zero attached hydrogens (tertiary/aromatic N) is 1. The topological polar surface area (TPSA) is 51.6 Å². The molecule has 4 nitrogen and oxygen atoms in total. The van der Waals surface area contributed by atoms with Gasteiger partial charge in [-0.05, 0) is 24.5 Å². The molecule has 1 aliphatic rings. The summed E-state index contributed by atoms with van der Waals surface area (Å²) in [5.74, 6) is 6.80. The molecule has 0 amide bonds. The van der Waals surface area contributed by atoms with Crippen LogP contribution in [0.3, 0.4) is 0 Å². The molecule has 0 atom stereocenters. The van der Waals surface area contributed by atoms with Crippen molar-refractivity contribution in [2.75, 3.05) is 6.61 Å². The summed E-state index contributed by atoms with van der Waals surface area (Å²) in [6.45, 7) is 0.725. The Morgan fingerprint density at radius 1 is 1.42 bits per heavy atom. The van der Waals surface area contributed by atoms with E-state index in [4.69, 9.17) is 7.80 Å². The summed E-state index contributed by atoms with van der Waals surface area (Å²) in [6, 6.07) is 3.72. The summed E-state index contributed by atoms with van der Waals surface area (Å²) < 4.78 is 10.6. The van der Waals surface area contributed by atoms with Crippen LogP contribution in [-0.4, -0.2) is 28.9 Å². The Hall–Kier alpha value is -0.840. The minimum Gasteiger partial charge on any atom is -0.489 e. The van der Waals surface area contributed by atoms with Crippen molar-refractivity contribution >= 4 is 23.0 Å². The van der Waals surface area contributed by atoms with E-state index in [2.05, 4.69) is 16.8 Å². The maximum atomic E-state index is 9.18. The molecular weight excluding hydrogens is 357 g/mol. The van der Waals surface area contributed by atoms with Gasteiger partial charge in [0.2, 0.25) is 0 Å². The summed E-state index contributed by atoms with van der Waals surface area (Å²) in [7, 11) is 0. The molecule has 5 heteroatoms. The third-order valence-corrected chi connectivity index (χ3v) is 3.29. The van der Waals surface area contributed by atoms with E-state index in [1.807, 2.05) is 35.1 Å². The molecule has 1 aromatic rings. The summed E-state index contributed by atoms with van der Waals surface area (Å²) in [5, 5.41) is 9.18. The molecule has 1 fully saturated rings. The summed E-state index contributed by atoms with van der Waals surface area (Å²) >= 11 is 1.88. The lowest BCUT2D eigenvalue weighted by molar-refractivity contribution is -0.0109. The van der Waals surface area contributed by atoms with Crippen molar-refractivity contribution in [1.29, 1.82) is 0 Å². The Balaban J connectivity index is 1.77. The molecule has 0 spiro atoms. The monoisotopic (exact) mass is 373 g/mol. The van der Waals surface area contributed by atoms with E-state index in [0.29, 0.717) is 12.8 Å². The molecule has 0 radical (unpaired) electrons. The van der Waals surface area contributed by atoms with Crippen LogP contribution < -0.4 is 4.74 Å².